The van der Waals surface area contributed by atoms with E-state index in [1.54, 1.807) is 18.2 Å². The van der Waals surface area contributed by atoms with Crippen LogP contribution in [-0.2, 0) is 13.5 Å². The molecule has 0 radical (unpaired) electrons. The molecule has 0 saturated heterocycles. The van der Waals surface area contributed by atoms with Crippen molar-refractivity contribution in [1.29, 1.82) is 0 Å². The number of carbonyl (C=O) groups is 1. The highest BCUT2D eigenvalue weighted by atomic mass is 16.5. The monoisotopic (exact) mass is 497 g/mol. The molecule has 1 atom stereocenters. The molecule has 0 fully saturated rings. The molecule has 5 aromatic rings. The number of H-pyrrole nitrogens is 1. The number of benzene rings is 3. The van der Waals surface area contributed by atoms with Crippen LogP contribution in [0.15, 0.2) is 60.7 Å². The Hall–Kier alpha value is -4.33. The molecule has 1 amide bonds. The minimum atomic E-state index is -0.108. The first-order chi connectivity index (χ1) is 17.9. The molecule has 3 aromatic carbocycles. The van der Waals surface area contributed by atoms with Crippen LogP contribution < -0.4 is 10.1 Å². The summed E-state index contributed by atoms with van der Waals surface area (Å²) < 4.78 is 7.70. The average molecular weight is 498 g/mol. The molecule has 2 heterocycles. The summed E-state index contributed by atoms with van der Waals surface area (Å²) in [6.45, 7) is 5.22. The Bertz CT molecular complexity index is 1570. The Morgan fingerprint density at radius 3 is 2.76 bits per heavy atom. The van der Waals surface area contributed by atoms with Crippen molar-refractivity contribution < 1.29 is 14.6 Å². The van der Waals surface area contributed by atoms with Crippen LogP contribution in [0.25, 0.3) is 22.1 Å². The van der Waals surface area contributed by atoms with Gasteiger partial charge in [-0.3, -0.25) is 4.79 Å². The lowest BCUT2D eigenvalue weighted by atomic mass is 10.1. The first-order valence-corrected chi connectivity index (χ1v) is 12.6. The fraction of sp³-hybridized carbons (Fsp3) is 0.276. The highest BCUT2D eigenvalue weighted by Crippen LogP contribution is 2.28. The zero-order valence-electron chi connectivity index (χ0n) is 21.3. The number of rotatable bonds is 9. The van der Waals surface area contributed by atoms with Crippen LogP contribution in [0.4, 0.5) is 0 Å². The lowest BCUT2D eigenvalue weighted by molar-refractivity contribution is 0.0953. The molecule has 0 aliphatic carbocycles. The van der Waals surface area contributed by atoms with Gasteiger partial charge in [-0.2, -0.15) is 0 Å². The third-order valence-corrected chi connectivity index (χ3v) is 6.64. The maximum Gasteiger partial charge on any atom is 0.251 e. The number of aromatic hydroxyl groups is 1. The molecule has 37 heavy (non-hydrogen) atoms. The number of aromatic amines is 1. The number of amides is 1. The predicted molar refractivity (Wildman–Crippen MR) is 144 cm³/mol. The summed E-state index contributed by atoms with van der Waals surface area (Å²) in [6.07, 6.45) is 1.65. The molecule has 8 nitrogen and oxygen atoms in total. The van der Waals surface area contributed by atoms with Gasteiger partial charge in [0.25, 0.3) is 5.91 Å². The summed E-state index contributed by atoms with van der Waals surface area (Å²) in [6, 6.07) is 18.7. The average Bonchev–Trinajstić information content (AvgIpc) is 3.47. The Labute approximate surface area is 215 Å². The fourth-order valence-electron chi connectivity index (χ4n) is 4.67. The number of aromatic nitrogens is 4. The van der Waals surface area contributed by atoms with Crippen molar-refractivity contribution in [3.05, 3.63) is 83.4 Å². The quantitative estimate of drug-likeness (QED) is 0.247. The molecule has 3 N–H and O–H groups in total. The van der Waals surface area contributed by atoms with Crippen molar-refractivity contribution in [2.24, 2.45) is 7.05 Å². The van der Waals surface area contributed by atoms with Crippen LogP contribution >= 0.6 is 0 Å². The summed E-state index contributed by atoms with van der Waals surface area (Å²) in [7, 11) is 1.95. The third-order valence-electron chi connectivity index (χ3n) is 6.64. The van der Waals surface area contributed by atoms with Crippen molar-refractivity contribution in [3.8, 4) is 11.5 Å². The van der Waals surface area contributed by atoms with Gasteiger partial charge in [0.05, 0.1) is 34.6 Å². The van der Waals surface area contributed by atoms with Gasteiger partial charge in [-0.25, -0.2) is 9.97 Å². The number of fused-ring (bicyclic) bond motifs is 2. The number of imidazole rings is 2. The molecule has 1 unspecified atom stereocenters. The van der Waals surface area contributed by atoms with Gasteiger partial charge < -0.3 is 24.7 Å². The van der Waals surface area contributed by atoms with Crippen LogP contribution in [0.2, 0.25) is 0 Å². The molecule has 0 bridgehead atoms. The minimum Gasteiger partial charge on any atom is -0.508 e. The molecule has 0 aliphatic rings. The van der Waals surface area contributed by atoms with E-state index < -0.39 is 0 Å². The number of aryl methyl sites for hydroxylation is 2. The van der Waals surface area contributed by atoms with Gasteiger partial charge in [0, 0.05) is 25.2 Å². The number of ether oxygens (including phenoxy) is 1. The zero-order valence-corrected chi connectivity index (χ0v) is 21.3. The normalized spacial score (nSPS) is 12.2. The smallest absolute Gasteiger partial charge is 0.251 e. The first kappa shape index (κ1) is 24.4. The Balaban J connectivity index is 1.27. The summed E-state index contributed by atoms with van der Waals surface area (Å²) in [5.74, 6) is 2.49. The molecular weight excluding hydrogens is 466 g/mol. The number of nitrogens with one attached hydrogen (secondary N) is 2. The summed E-state index contributed by atoms with van der Waals surface area (Å²) >= 11 is 0. The van der Waals surface area contributed by atoms with E-state index in [4.69, 9.17) is 9.72 Å². The zero-order chi connectivity index (χ0) is 25.9. The molecule has 0 aliphatic heterocycles. The number of hydrogen-bond acceptors (Lipinski definition) is 5. The summed E-state index contributed by atoms with van der Waals surface area (Å²) in [5.41, 5.74) is 5.03. The number of phenolic OH excluding ortho intramolecular Hbond substituents is 1. The van der Waals surface area contributed by atoms with E-state index in [-0.39, 0.29) is 17.6 Å². The predicted octanol–water partition coefficient (Wildman–Crippen LogP) is 5.07. The van der Waals surface area contributed by atoms with Crippen LogP contribution in [0.5, 0.6) is 11.5 Å². The first-order valence-electron chi connectivity index (χ1n) is 12.6. The number of phenols is 1. The lowest BCUT2D eigenvalue weighted by Gasteiger charge is -2.10. The molecule has 190 valence electrons. The Morgan fingerprint density at radius 2 is 1.92 bits per heavy atom. The van der Waals surface area contributed by atoms with Crippen LogP contribution in [0.3, 0.4) is 0 Å². The SMILES string of the molecule is CCOc1ccccc1CCCNC(=O)c1ccc2nc(C(C)c3nc4ccc(O)cc4[nH]3)n(C)c2c1. The number of para-hydroxylation sites is 1. The summed E-state index contributed by atoms with van der Waals surface area (Å²) in [4.78, 5) is 25.7. The summed E-state index contributed by atoms with van der Waals surface area (Å²) in [5, 5.41) is 12.8. The highest BCUT2D eigenvalue weighted by Gasteiger charge is 2.20. The molecular formula is C29H31N5O3. The number of nitrogens with zero attached hydrogens (tertiary/aromatic N) is 3. The molecule has 2 aromatic heterocycles. The van der Waals surface area contributed by atoms with E-state index in [0.717, 1.165) is 57.9 Å². The highest BCUT2D eigenvalue weighted by molar-refractivity contribution is 5.97. The molecule has 5 rings (SSSR count). The van der Waals surface area contributed by atoms with Crippen molar-refractivity contribution in [2.75, 3.05) is 13.2 Å². The van der Waals surface area contributed by atoms with Gasteiger partial charge in [0.2, 0.25) is 0 Å². The van der Waals surface area contributed by atoms with Crippen molar-refractivity contribution >= 4 is 28.0 Å². The van der Waals surface area contributed by atoms with Gasteiger partial charge >= 0.3 is 0 Å². The van der Waals surface area contributed by atoms with Gasteiger partial charge in [0.1, 0.15) is 23.1 Å². The standard InChI is InChI=1S/C29H31N5O3/c1-4-37-26-10-6-5-8-19(26)9-7-15-30-29(36)20-11-13-23-25(16-20)34(3)28(33-23)18(2)27-31-22-14-12-21(35)17-24(22)32-27/h5-6,8,10-14,16-18,35H,4,7,9,15H2,1-3H3,(H,30,36)(H,31,32). The largest absolute Gasteiger partial charge is 0.508 e. The van der Waals surface area contributed by atoms with Crippen LogP contribution in [0, 0.1) is 0 Å². The van der Waals surface area contributed by atoms with E-state index in [1.165, 1.54) is 0 Å². The second-order valence-corrected chi connectivity index (χ2v) is 9.18. The van der Waals surface area contributed by atoms with Crippen molar-refractivity contribution in [1.82, 2.24) is 24.8 Å². The van der Waals surface area contributed by atoms with Crippen LogP contribution in [-0.4, -0.2) is 43.7 Å². The number of carbonyl (C=O) groups excluding carboxylic acids is 1. The second kappa shape index (κ2) is 10.3. The molecule has 8 heteroatoms. The second-order valence-electron chi connectivity index (χ2n) is 9.18. The van der Waals surface area contributed by atoms with E-state index in [2.05, 4.69) is 21.4 Å². The third kappa shape index (κ3) is 5.00. The maximum absolute atomic E-state index is 12.9. The van der Waals surface area contributed by atoms with E-state index in [0.29, 0.717) is 18.7 Å². The van der Waals surface area contributed by atoms with Gasteiger partial charge in [-0.15, -0.1) is 0 Å². The maximum atomic E-state index is 12.9. The number of hydrogen-bond donors (Lipinski definition) is 3. The Morgan fingerprint density at radius 1 is 1.11 bits per heavy atom. The molecule has 0 saturated carbocycles. The van der Waals surface area contributed by atoms with E-state index in [9.17, 15) is 9.90 Å². The molecule has 0 spiro atoms. The van der Waals surface area contributed by atoms with Crippen molar-refractivity contribution in [3.63, 3.8) is 0 Å². The Kier molecular flexibility index (Phi) is 6.81. The fourth-order valence-corrected chi connectivity index (χ4v) is 4.67. The van der Waals surface area contributed by atoms with Gasteiger partial charge in [0.15, 0.2) is 0 Å². The van der Waals surface area contributed by atoms with Gasteiger partial charge in [-0.05, 0) is 68.7 Å². The van der Waals surface area contributed by atoms with E-state index >= 15 is 0 Å². The minimum absolute atomic E-state index is 0.104. The van der Waals surface area contributed by atoms with E-state index in [1.807, 2.05) is 61.9 Å². The lowest BCUT2D eigenvalue weighted by Crippen LogP contribution is -2.24. The van der Waals surface area contributed by atoms with Crippen molar-refractivity contribution in [2.45, 2.75) is 32.6 Å². The van der Waals surface area contributed by atoms with Crippen LogP contribution in [0.1, 0.15) is 53.8 Å². The topological polar surface area (TPSA) is 105 Å². The van der Waals surface area contributed by atoms with Gasteiger partial charge in [-0.1, -0.05) is 18.2 Å².